The van der Waals surface area contributed by atoms with Crippen LogP contribution in [0.5, 0.6) is 0 Å². The van der Waals surface area contributed by atoms with E-state index >= 15 is 0 Å². The topological polar surface area (TPSA) is 49.4 Å². The second-order valence-corrected chi connectivity index (χ2v) is 9.12. The average molecular weight is 413 g/mol. The highest BCUT2D eigenvalue weighted by Gasteiger charge is 2.39. The molecule has 5 heteroatoms. The van der Waals surface area contributed by atoms with Crippen LogP contribution in [0.2, 0.25) is 0 Å². The van der Waals surface area contributed by atoms with Crippen LogP contribution in [-0.2, 0) is 16.0 Å². The SMILES string of the molecule is C=CC[C@@H]1CC=C[C@@H](C)N1C(=O)CCC1(Cc2ccc(SC)cc2)CCC(=O)N1. The normalized spacial score (nSPS) is 26.4. The van der Waals surface area contributed by atoms with Gasteiger partial charge >= 0.3 is 0 Å². The van der Waals surface area contributed by atoms with Crippen LogP contribution >= 0.6 is 11.8 Å². The Labute approximate surface area is 178 Å². The maximum atomic E-state index is 13.2. The monoisotopic (exact) mass is 412 g/mol. The minimum atomic E-state index is -0.323. The molecule has 0 aromatic heterocycles. The van der Waals surface area contributed by atoms with E-state index in [-0.39, 0.29) is 29.4 Å². The molecule has 2 heterocycles. The first-order valence-corrected chi connectivity index (χ1v) is 11.7. The van der Waals surface area contributed by atoms with E-state index < -0.39 is 0 Å². The Bertz CT molecular complexity index is 774. The summed E-state index contributed by atoms with van der Waals surface area (Å²) in [6.07, 6.45) is 13.2. The van der Waals surface area contributed by atoms with E-state index in [1.165, 1.54) is 10.5 Å². The number of nitrogens with one attached hydrogen (secondary N) is 1. The minimum Gasteiger partial charge on any atom is -0.350 e. The number of hydrogen-bond donors (Lipinski definition) is 1. The Kier molecular flexibility index (Phi) is 7.23. The molecule has 2 aliphatic rings. The summed E-state index contributed by atoms with van der Waals surface area (Å²) in [7, 11) is 0. The molecule has 1 unspecified atom stereocenters. The first kappa shape index (κ1) is 21.7. The van der Waals surface area contributed by atoms with E-state index in [1.807, 2.05) is 11.0 Å². The molecule has 2 amide bonds. The van der Waals surface area contributed by atoms with E-state index in [4.69, 9.17) is 0 Å². The van der Waals surface area contributed by atoms with Crippen molar-refractivity contribution in [2.24, 2.45) is 0 Å². The van der Waals surface area contributed by atoms with Crippen LogP contribution in [-0.4, -0.2) is 40.6 Å². The molecule has 29 heavy (non-hydrogen) atoms. The van der Waals surface area contributed by atoms with Crippen molar-refractivity contribution in [2.75, 3.05) is 6.26 Å². The largest absolute Gasteiger partial charge is 0.350 e. The number of hydrogen-bond acceptors (Lipinski definition) is 3. The maximum absolute atomic E-state index is 13.2. The van der Waals surface area contributed by atoms with Gasteiger partial charge in [-0.25, -0.2) is 0 Å². The highest BCUT2D eigenvalue weighted by atomic mass is 32.2. The van der Waals surface area contributed by atoms with E-state index in [1.54, 1.807) is 11.8 Å². The quantitative estimate of drug-likeness (QED) is 0.505. The lowest BCUT2D eigenvalue weighted by Gasteiger charge is -2.38. The number of rotatable bonds is 8. The zero-order chi connectivity index (χ0) is 20.9. The molecule has 0 bridgehead atoms. The third-order valence-corrected chi connectivity index (χ3v) is 6.88. The van der Waals surface area contributed by atoms with Crippen molar-refractivity contribution >= 4 is 23.6 Å². The van der Waals surface area contributed by atoms with Gasteiger partial charge in [-0.1, -0.05) is 30.4 Å². The smallest absolute Gasteiger partial charge is 0.223 e. The first-order chi connectivity index (χ1) is 14.0. The van der Waals surface area contributed by atoms with Crippen LogP contribution in [0.25, 0.3) is 0 Å². The van der Waals surface area contributed by atoms with Gasteiger partial charge in [-0.15, -0.1) is 18.3 Å². The molecule has 0 radical (unpaired) electrons. The zero-order valence-corrected chi connectivity index (χ0v) is 18.3. The van der Waals surface area contributed by atoms with E-state index in [0.717, 1.165) is 25.7 Å². The second kappa shape index (κ2) is 9.66. The number of benzene rings is 1. The molecule has 3 atom stereocenters. The molecule has 1 N–H and O–H groups in total. The van der Waals surface area contributed by atoms with Gasteiger partial charge in [0.15, 0.2) is 0 Å². The lowest BCUT2D eigenvalue weighted by atomic mass is 9.84. The molecule has 2 aliphatic heterocycles. The summed E-state index contributed by atoms with van der Waals surface area (Å²) in [5.74, 6) is 0.268. The van der Waals surface area contributed by atoms with Crippen LogP contribution in [0.1, 0.15) is 51.0 Å². The van der Waals surface area contributed by atoms with Crippen molar-refractivity contribution < 1.29 is 9.59 Å². The Balaban J connectivity index is 1.69. The lowest BCUT2D eigenvalue weighted by Crippen LogP contribution is -2.49. The molecule has 1 aromatic rings. The first-order valence-electron chi connectivity index (χ1n) is 10.5. The van der Waals surface area contributed by atoms with E-state index in [2.05, 4.69) is 61.5 Å². The highest BCUT2D eigenvalue weighted by molar-refractivity contribution is 7.98. The number of carbonyl (C=O) groups is 2. The Morgan fingerprint density at radius 2 is 2.14 bits per heavy atom. The van der Waals surface area contributed by atoms with Gasteiger partial charge < -0.3 is 10.2 Å². The van der Waals surface area contributed by atoms with Gasteiger partial charge in [0.2, 0.25) is 11.8 Å². The average Bonchev–Trinajstić information content (AvgIpc) is 3.08. The summed E-state index contributed by atoms with van der Waals surface area (Å²) in [4.78, 5) is 28.5. The van der Waals surface area contributed by atoms with Crippen molar-refractivity contribution in [3.8, 4) is 0 Å². The van der Waals surface area contributed by atoms with Gasteiger partial charge in [0.25, 0.3) is 0 Å². The molecule has 1 fully saturated rings. The summed E-state index contributed by atoms with van der Waals surface area (Å²) in [6.45, 7) is 5.92. The molecular weight excluding hydrogens is 380 g/mol. The van der Waals surface area contributed by atoms with Gasteiger partial charge in [-0.2, -0.15) is 0 Å². The maximum Gasteiger partial charge on any atom is 0.223 e. The fourth-order valence-electron chi connectivity index (χ4n) is 4.60. The number of nitrogens with zero attached hydrogens (tertiary/aromatic N) is 1. The van der Waals surface area contributed by atoms with Gasteiger partial charge in [0, 0.05) is 35.4 Å². The summed E-state index contributed by atoms with van der Waals surface area (Å²) in [6, 6.07) is 8.81. The summed E-state index contributed by atoms with van der Waals surface area (Å²) in [5, 5.41) is 3.21. The van der Waals surface area contributed by atoms with Gasteiger partial charge in [0.1, 0.15) is 0 Å². The Hall–Kier alpha value is -2.01. The van der Waals surface area contributed by atoms with Crippen LogP contribution in [0, 0.1) is 0 Å². The summed E-state index contributed by atoms with van der Waals surface area (Å²) >= 11 is 1.72. The molecular formula is C24H32N2O2S. The van der Waals surface area contributed by atoms with E-state index in [9.17, 15) is 9.59 Å². The molecule has 0 spiro atoms. The second-order valence-electron chi connectivity index (χ2n) is 8.24. The molecule has 156 valence electrons. The fraction of sp³-hybridized carbons (Fsp3) is 0.500. The summed E-state index contributed by atoms with van der Waals surface area (Å²) in [5.41, 5.74) is 0.882. The molecule has 0 aliphatic carbocycles. The van der Waals surface area contributed by atoms with Crippen LogP contribution < -0.4 is 5.32 Å². The van der Waals surface area contributed by atoms with Crippen molar-refractivity contribution in [1.29, 1.82) is 0 Å². The minimum absolute atomic E-state index is 0.0944. The van der Waals surface area contributed by atoms with Crippen molar-refractivity contribution in [2.45, 2.75) is 74.4 Å². The third-order valence-electron chi connectivity index (χ3n) is 6.14. The van der Waals surface area contributed by atoms with Crippen molar-refractivity contribution in [3.63, 3.8) is 0 Å². The van der Waals surface area contributed by atoms with Crippen molar-refractivity contribution in [1.82, 2.24) is 10.2 Å². The highest BCUT2D eigenvalue weighted by Crippen LogP contribution is 2.31. The van der Waals surface area contributed by atoms with Gasteiger partial charge in [-0.05, 0) is 63.0 Å². The number of amides is 2. The predicted molar refractivity (Wildman–Crippen MR) is 120 cm³/mol. The van der Waals surface area contributed by atoms with E-state index in [0.29, 0.717) is 19.3 Å². The molecule has 3 rings (SSSR count). The number of carbonyl (C=O) groups excluding carboxylic acids is 2. The lowest BCUT2D eigenvalue weighted by molar-refractivity contribution is -0.135. The molecule has 1 aromatic carbocycles. The Morgan fingerprint density at radius 1 is 1.38 bits per heavy atom. The number of thioether (sulfide) groups is 1. The molecule has 1 saturated heterocycles. The zero-order valence-electron chi connectivity index (χ0n) is 17.5. The van der Waals surface area contributed by atoms with Gasteiger partial charge in [-0.3, -0.25) is 9.59 Å². The molecule has 4 nitrogen and oxygen atoms in total. The summed E-state index contributed by atoms with van der Waals surface area (Å²) < 4.78 is 0. The fourth-order valence-corrected chi connectivity index (χ4v) is 5.00. The Morgan fingerprint density at radius 3 is 2.76 bits per heavy atom. The van der Waals surface area contributed by atoms with Crippen LogP contribution in [0.4, 0.5) is 0 Å². The molecule has 0 saturated carbocycles. The standard InChI is InChI=1S/C24H32N2O2S/c1-4-6-20-8-5-7-18(2)26(20)23(28)14-16-24(15-13-22(27)25-24)17-19-9-11-21(29-3)12-10-19/h4-5,7,9-12,18,20H,1,6,8,13-17H2,2-3H3,(H,25,27)/t18-,20-,24?/m1/s1. The van der Waals surface area contributed by atoms with Crippen LogP contribution in [0.15, 0.2) is 54.0 Å². The third kappa shape index (κ3) is 5.33. The van der Waals surface area contributed by atoms with Crippen LogP contribution in [0.3, 0.4) is 0 Å². The predicted octanol–water partition coefficient (Wildman–Crippen LogP) is 4.50. The van der Waals surface area contributed by atoms with Crippen molar-refractivity contribution in [3.05, 3.63) is 54.6 Å². The van der Waals surface area contributed by atoms with Gasteiger partial charge in [0.05, 0.1) is 0 Å².